The number of rotatable bonds is 6. The van der Waals surface area contributed by atoms with Crippen molar-refractivity contribution in [1.29, 1.82) is 0 Å². The molecule has 2 aliphatic heterocycles. The van der Waals surface area contributed by atoms with E-state index in [-0.39, 0.29) is 31.1 Å². The summed E-state index contributed by atoms with van der Waals surface area (Å²) in [6, 6.07) is 10.2. The predicted molar refractivity (Wildman–Crippen MR) is 131 cm³/mol. The summed E-state index contributed by atoms with van der Waals surface area (Å²) in [5.41, 5.74) is 1.02. The van der Waals surface area contributed by atoms with Crippen molar-refractivity contribution in [2.24, 2.45) is 0 Å². The van der Waals surface area contributed by atoms with Gasteiger partial charge in [0.2, 0.25) is 12.7 Å². The molecule has 3 aromatic rings. The van der Waals surface area contributed by atoms with E-state index in [4.69, 9.17) is 9.47 Å². The molecule has 196 valence electrons. The molecule has 11 heteroatoms. The van der Waals surface area contributed by atoms with Crippen LogP contribution in [0.3, 0.4) is 0 Å². The molecule has 0 radical (unpaired) electrons. The molecule has 0 unspecified atom stereocenters. The van der Waals surface area contributed by atoms with E-state index in [0.29, 0.717) is 22.9 Å². The Morgan fingerprint density at radius 1 is 1.05 bits per heavy atom. The number of aromatic amines is 1. The highest BCUT2D eigenvalue weighted by atomic mass is 19.4. The lowest BCUT2D eigenvalue weighted by molar-refractivity contribution is -0.137. The Hall–Kier alpha value is -3.47. The number of likely N-dealkylation sites (tertiary alicyclic amines) is 1. The molecule has 0 bridgehead atoms. The van der Waals surface area contributed by atoms with Gasteiger partial charge in [-0.15, -0.1) is 0 Å². The van der Waals surface area contributed by atoms with E-state index in [1.54, 1.807) is 0 Å². The molecule has 1 aromatic heterocycles. The van der Waals surface area contributed by atoms with Crippen LogP contribution in [0.4, 0.5) is 19.0 Å². The van der Waals surface area contributed by atoms with Crippen LogP contribution in [-0.4, -0.2) is 59.5 Å². The van der Waals surface area contributed by atoms with Crippen molar-refractivity contribution < 1.29 is 27.4 Å². The zero-order valence-corrected chi connectivity index (χ0v) is 20.1. The van der Waals surface area contributed by atoms with E-state index in [0.717, 1.165) is 62.4 Å². The number of aromatic nitrogens is 2. The second kappa shape index (κ2) is 9.44. The Labute approximate surface area is 211 Å². The highest BCUT2D eigenvalue weighted by Gasteiger charge is 2.36. The van der Waals surface area contributed by atoms with Gasteiger partial charge in [-0.25, -0.2) is 0 Å². The Balaban J connectivity index is 0.947. The van der Waals surface area contributed by atoms with Gasteiger partial charge in [0.05, 0.1) is 23.7 Å². The highest BCUT2D eigenvalue weighted by molar-refractivity contribution is 5.92. The van der Waals surface area contributed by atoms with E-state index < -0.39 is 11.7 Å². The van der Waals surface area contributed by atoms with Gasteiger partial charge < -0.3 is 20.1 Å². The molecule has 1 saturated heterocycles. The van der Waals surface area contributed by atoms with Crippen molar-refractivity contribution in [3.63, 3.8) is 0 Å². The topological polar surface area (TPSA) is 91.5 Å². The quantitative estimate of drug-likeness (QED) is 0.455. The van der Waals surface area contributed by atoms with E-state index >= 15 is 0 Å². The van der Waals surface area contributed by atoms with Crippen LogP contribution in [0.15, 0.2) is 36.4 Å². The number of ether oxygens (including phenoxy) is 2. The number of alkyl halides is 3. The zero-order chi connectivity index (χ0) is 25.6. The number of carbonyl (C=O) groups excluding carboxylic acids is 1. The standard InChI is InChI=1S/C26H28F3N5O3/c27-26(28,29)17-4-7-21-20(10-17)25(33-32-21)30-11-24(35)31-18-12-34(13-18)19-5-1-15(2-6-19)16-3-8-22-23(9-16)37-14-36-22/h3-4,7-10,15,18-19H,1-2,5-6,11-14H2,(H,31,35)(H2,30,32,33)/t15-,19+. The number of halogens is 3. The molecule has 3 aliphatic rings. The number of fused-ring (bicyclic) bond motifs is 2. The van der Waals surface area contributed by atoms with Gasteiger partial charge in [-0.3, -0.25) is 14.8 Å². The smallest absolute Gasteiger partial charge is 0.416 e. The fourth-order valence-corrected chi connectivity index (χ4v) is 5.61. The van der Waals surface area contributed by atoms with Gasteiger partial charge in [-0.05, 0) is 67.5 Å². The van der Waals surface area contributed by atoms with Gasteiger partial charge >= 0.3 is 6.18 Å². The third kappa shape index (κ3) is 4.92. The number of carbonyl (C=O) groups is 1. The minimum Gasteiger partial charge on any atom is -0.454 e. The normalized spacial score (nSPS) is 22.1. The first kappa shape index (κ1) is 23.9. The van der Waals surface area contributed by atoms with Gasteiger partial charge in [-0.1, -0.05) is 6.07 Å². The molecule has 37 heavy (non-hydrogen) atoms. The highest BCUT2D eigenvalue weighted by Crippen LogP contribution is 2.40. The van der Waals surface area contributed by atoms with E-state index in [9.17, 15) is 18.0 Å². The average Bonchev–Trinajstić information content (AvgIpc) is 3.50. The third-order valence-corrected chi connectivity index (χ3v) is 7.66. The minimum absolute atomic E-state index is 0.0622. The fourth-order valence-electron chi connectivity index (χ4n) is 5.61. The first-order valence-electron chi connectivity index (χ1n) is 12.6. The summed E-state index contributed by atoms with van der Waals surface area (Å²) in [7, 11) is 0. The lowest BCUT2D eigenvalue weighted by Gasteiger charge is -2.46. The number of amides is 1. The van der Waals surface area contributed by atoms with Crippen LogP contribution in [-0.2, 0) is 11.0 Å². The molecule has 8 nitrogen and oxygen atoms in total. The van der Waals surface area contributed by atoms with Crippen LogP contribution in [0.5, 0.6) is 11.5 Å². The van der Waals surface area contributed by atoms with Crippen LogP contribution in [0, 0.1) is 0 Å². The molecule has 6 rings (SSSR count). The monoisotopic (exact) mass is 515 g/mol. The number of nitrogens with one attached hydrogen (secondary N) is 3. The Bertz CT molecular complexity index is 1300. The predicted octanol–water partition coefficient (Wildman–Crippen LogP) is 4.25. The van der Waals surface area contributed by atoms with Gasteiger partial charge in [-0.2, -0.15) is 18.3 Å². The van der Waals surface area contributed by atoms with Crippen LogP contribution >= 0.6 is 0 Å². The first-order chi connectivity index (χ1) is 17.8. The summed E-state index contributed by atoms with van der Waals surface area (Å²) in [5, 5.41) is 12.9. The minimum atomic E-state index is -4.44. The van der Waals surface area contributed by atoms with Crippen LogP contribution in [0.25, 0.3) is 10.9 Å². The molecule has 3 N–H and O–H groups in total. The van der Waals surface area contributed by atoms with E-state index in [2.05, 4.69) is 37.9 Å². The first-order valence-corrected chi connectivity index (χ1v) is 12.6. The summed E-state index contributed by atoms with van der Waals surface area (Å²) in [6.07, 6.45) is 0.0349. The van der Waals surface area contributed by atoms with Crippen molar-refractivity contribution in [1.82, 2.24) is 20.4 Å². The molecule has 3 heterocycles. The number of hydrogen-bond acceptors (Lipinski definition) is 6. The lowest BCUT2D eigenvalue weighted by atomic mass is 9.80. The summed E-state index contributed by atoms with van der Waals surface area (Å²) in [6.45, 7) is 1.85. The summed E-state index contributed by atoms with van der Waals surface area (Å²) >= 11 is 0. The Morgan fingerprint density at radius 2 is 1.84 bits per heavy atom. The molecule has 1 amide bonds. The van der Waals surface area contributed by atoms with Gasteiger partial charge in [0.15, 0.2) is 17.3 Å². The number of anilines is 1. The van der Waals surface area contributed by atoms with E-state index in [1.165, 1.54) is 11.6 Å². The molecule has 1 aliphatic carbocycles. The maximum atomic E-state index is 13.0. The lowest BCUT2D eigenvalue weighted by Crippen LogP contribution is -2.63. The number of benzene rings is 2. The molecule has 0 spiro atoms. The second-order valence-electron chi connectivity index (χ2n) is 10.0. The third-order valence-electron chi connectivity index (χ3n) is 7.66. The van der Waals surface area contributed by atoms with Crippen LogP contribution in [0.2, 0.25) is 0 Å². The van der Waals surface area contributed by atoms with Gasteiger partial charge in [0.1, 0.15) is 0 Å². The summed E-state index contributed by atoms with van der Waals surface area (Å²) in [4.78, 5) is 14.9. The van der Waals surface area contributed by atoms with Crippen molar-refractivity contribution in [2.45, 2.75) is 49.9 Å². The zero-order valence-electron chi connectivity index (χ0n) is 20.1. The van der Waals surface area contributed by atoms with Gasteiger partial charge in [0, 0.05) is 24.5 Å². The van der Waals surface area contributed by atoms with E-state index in [1.807, 2.05) is 6.07 Å². The van der Waals surface area contributed by atoms with Crippen molar-refractivity contribution in [3.05, 3.63) is 47.5 Å². The molecular weight excluding hydrogens is 487 g/mol. The molecular formula is C26H28F3N5O3. The largest absolute Gasteiger partial charge is 0.454 e. The molecule has 2 fully saturated rings. The fraction of sp³-hybridized carbons (Fsp3) is 0.462. The van der Waals surface area contributed by atoms with Crippen molar-refractivity contribution >= 4 is 22.6 Å². The number of hydrogen-bond donors (Lipinski definition) is 3. The SMILES string of the molecule is O=C(CNc1n[nH]c2ccc(C(F)(F)F)cc12)NC1CN([C@H]2CC[C@@H](c3ccc4c(c3)OCO4)CC2)C1. The van der Waals surface area contributed by atoms with Crippen molar-refractivity contribution in [3.8, 4) is 11.5 Å². The van der Waals surface area contributed by atoms with Crippen LogP contribution < -0.4 is 20.1 Å². The molecule has 1 saturated carbocycles. The summed E-state index contributed by atoms with van der Waals surface area (Å²) in [5.74, 6) is 2.19. The van der Waals surface area contributed by atoms with Crippen molar-refractivity contribution in [2.75, 3.05) is 31.7 Å². The maximum Gasteiger partial charge on any atom is 0.416 e. The Morgan fingerprint density at radius 3 is 2.62 bits per heavy atom. The number of nitrogens with zero attached hydrogens (tertiary/aromatic N) is 2. The van der Waals surface area contributed by atoms with Gasteiger partial charge in [0.25, 0.3) is 0 Å². The van der Waals surface area contributed by atoms with Crippen LogP contribution in [0.1, 0.15) is 42.7 Å². The Kier molecular flexibility index (Phi) is 6.10. The maximum absolute atomic E-state index is 13.0. The second-order valence-corrected chi connectivity index (χ2v) is 10.0. The average molecular weight is 516 g/mol. The molecule has 0 atom stereocenters. The molecule has 2 aromatic carbocycles. The summed E-state index contributed by atoms with van der Waals surface area (Å²) < 4.78 is 50.0. The number of H-pyrrole nitrogens is 1.